The number of aliphatic carboxylic acids is 1. The molecule has 0 saturated carbocycles. The van der Waals surface area contributed by atoms with Crippen molar-refractivity contribution in [2.24, 2.45) is 11.7 Å². The van der Waals surface area contributed by atoms with Crippen molar-refractivity contribution in [2.75, 3.05) is 6.61 Å². The SMILES string of the molecule is CC(C)CCCOC(=O)[C@H](Cc1c[nH]c2ccccc12)NC(=O)CC[C@@H](N)C(=O)O. The number of carbonyl (C=O) groups excluding carboxylic acids is 2. The maximum absolute atomic E-state index is 12.7. The van der Waals surface area contributed by atoms with Crippen LogP contribution in [0.2, 0.25) is 0 Å². The third-order valence-electron chi connectivity index (χ3n) is 4.89. The fourth-order valence-electron chi connectivity index (χ4n) is 3.16. The van der Waals surface area contributed by atoms with E-state index in [0.717, 1.165) is 29.3 Å². The highest BCUT2D eigenvalue weighted by Gasteiger charge is 2.24. The van der Waals surface area contributed by atoms with Gasteiger partial charge in [0.1, 0.15) is 12.1 Å². The fraction of sp³-hybridized carbons (Fsp3) is 0.500. The number of hydrogen-bond acceptors (Lipinski definition) is 5. The molecule has 1 amide bonds. The zero-order valence-corrected chi connectivity index (χ0v) is 17.5. The van der Waals surface area contributed by atoms with Gasteiger partial charge in [0.15, 0.2) is 0 Å². The van der Waals surface area contributed by atoms with E-state index >= 15 is 0 Å². The van der Waals surface area contributed by atoms with Gasteiger partial charge in [-0.1, -0.05) is 32.0 Å². The molecule has 8 heteroatoms. The fourth-order valence-corrected chi connectivity index (χ4v) is 3.16. The molecule has 0 fully saturated rings. The molecule has 5 N–H and O–H groups in total. The monoisotopic (exact) mass is 417 g/mol. The molecule has 2 rings (SSSR count). The average molecular weight is 418 g/mol. The molecule has 0 saturated heterocycles. The van der Waals surface area contributed by atoms with Crippen molar-refractivity contribution in [3.63, 3.8) is 0 Å². The molecule has 164 valence electrons. The molecular weight excluding hydrogens is 386 g/mol. The molecule has 30 heavy (non-hydrogen) atoms. The lowest BCUT2D eigenvalue weighted by Gasteiger charge is -2.18. The minimum atomic E-state index is -1.16. The molecule has 1 heterocycles. The van der Waals surface area contributed by atoms with Crippen molar-refractivity contribution in [1.29, 1.82) is 0 Å². The van der Waals surface area contributed by atoms with Crippen LogP contribution in [0.1, 0.15) is 45.1 Å². The number of aromatic nitrogens is 1. The second kappa shape index (κ2) is 11.3. The van der Waals surface area contributed by atoms with Gasteiger partial charge in [0.2, 0.25) is 5.91 Å². The van der Waals surface area contributed by atoms with E-state index in [0.29, 0.717) is 12.5 Å². The summed E-state index contributed by atoms with van der Waals surface area (Å²) < 4.78 is 5.40. The number of carbonyl (C=O) groups is 3. The quantitative estimate of drug-likeness (QED) is 0.309. The van der Waals surface area contributed by atoms with Crippen LogP contribution >= 0.6 is 0 Å². The number of esters is 1. The number of rotatable bonds is 12. The summed E-state index contributed by atoms with van der Waals surface area (Å²) in [6.45, 7) is 4.49. The molecule has 0 spiro atoms. The maximum atomic E-state index is 12.7. The van der Waals surface area contributed by atoms with Crippen LogP contribution in [0.5, 0.6) is 0 Å². The van der Waals surface area contributed by atoms with Crippen molar-refractivity contribution in [1.82, 2.24) is 10.3 Å². The first-order valence-electron chi connectivity index (χ1n) is 10.3. The number of nitrogens with one attached hydrogen (secondary N) is 2. The lowest BCUT2D eigenvalue weighted by atomic mass is 10.0. The number of ether oxygens (including phenoxy) is 1. The number of aromatic amines is 1. The summed E-state index contributed by atoms with van der Waals surface area (Å²) in [7, 11) is 0. The van der Waals surface area contributed by atoms with Crippen molar-refractivity contribution in [2.45, 2.75) is 58.0 Å². The number of carboxylic acids is 1. The zero-order chi connectivity index (χ0) is 22.1. The second-order valence-electron chi connectivity index (χ2n) is 7.87. The Kier molecular flexibility index (Phi) is 8.86. The number of para-hydroxylation sites is 1. The number of H-pyrrole nitrogens is 1. The summed E-state index contributed by atoms with van der Waals surface area (Å²) in [5.41, 5.74) is 7.28. The number of nitrogens with two attached hydrogens (primary N) is 1. The van der Waals surface area contributed by atoms with Crippen molar-refractivity contribution >= 4 is 28.7 Å². The first-order valence-corrected chi connectivity index (χ1v) is 10.3. The largest absolute Gasteiger partial charge is 0.480 e. The molecule has 2 atom stereocenters. The molecule has 0 radical (unpaired) electrons. The van der Waals surface area contributed by atoms with Crippen LogP contribution in [0, 0.1) is 5.92 Å². The number of amides is 1. The van der Waals surface area contributed by atoms with Gasteiger partial charge in [-0.3, -0.25) is 9.59 Å². The minimum absolute atomic E-state index is 0.00952. The molecule has 0 bridgehead atoms. The van der Waals surface area contributed by atoms with Crippen molar-refractivity contribution in [3.05, 3.63) is 36.0 Å². The summed E-state index contributed by atoms with van der Waals surface area (Å²) in [4.78, 5) is 39.0. The van der Waals surface area contributed by atoms with Crippen molar-refractivity contribution in [3.8, 4) is 0 Å². The zero-order valence-electron chi connectivity index (χ0n) is 17.5. The van der Waals surface area contributed by atoms with E-state index in [2.05, 4.69) is 24.1 Å². The first-order chi connectivity index (χ1) is 14.3. The predicted octanol–water partition coefficient (Wildman–Crippen LogP) is 2.37. The molecular formula is C22H31N3O5. The Morgan fingerprint density at radius 2 is 1.93 bits per heavy atom. The molecule has 1 aromatic heterocycles. The third-order valence-corrected chi connectivity index (χ3v) is 4.89. The van der Waals surface area contributed by atoms with Gasteiger partial charge in [-0.25, -0.2) is 4.79 Å². The van der Waals surface area contributed by atoms with Gasteiger partial charge in [0, 0.05) is 29.9 Å². The molecule has 0 aliphatic carbocycles. The van der Waals surface area contributed by atoms with E-state index in [1.165, 1.54) is 0 Å². The van der Waals surface area contributed by atoms with Crippen molar-refractivity contribution < 1.29 is 24.2 Å². The maximum Gasteiger partial charge on any atom is 0.328 e. The van der Waals surface area contributed by atoms with E-state index in [1.54, 1.807) is 0 Å². The molecule has 0 aliphatic rings. The highest BCUT2D eigenvalue weighted by atomic mass is 16.5. The highest BCUT2D eigenvalue weighted by Crippen LogP contribution is 2.19. The van der Waals surface area contributed by atoms with Gasteiger partial charge < -0.3 is 25.9 Å². The van der Waals surface area contributed by atoms with Gasteiger partial charge in [-0.15, -0.1) is 0 Å². The molecule has 1 aromatic carbocycles. The number of hydrogen-bond donors (Lipinski definition) is 4. The molecule has 0 aliphatic heterocycles. The van der Waals surface area contributed by atoms with Gasteiger partial charge in [-0.2, -0.15) is 0 Å². The third kappa shape index (κ3) is 7.18. The summed E-state index contributed by atoms with van der Waals surface area (Å²) in [6.07, 6.45) is 3.69. The van der Waals surface area contributed by atoms with Crippen LogP contribution in [0.4, 0.5) is 0 Å². The van der Waals surface area contributed by atoms with Crippen LogP contribution in [0.25, 0.3) is 10.9 Å². The van der Waals surface area contributed by atoms with Gasteiger partial charge in [0.25, 0.3) is 0 Å². The summed E-state index contributed by atoms with van der Waals surface area (Å²) in [5.74, 6) is -1.58. The van der Waals surface area contributed by atoms with Crippen LogP contribution < -0.4 is 11.1 Å². The molecule has 2 aromatic rings. The Balaban J connectivity index is 2.04. The Labute approximate surface area is 176 Å². The van der Waals surface area contributed by atoms with Gasteiger partial charge >= 0.3 is 11.9 Å². The summed E-state index contributed by atoms with van der Waals surface area (Å²) >= 11 is 0. The van der Waals surface area contributed by atoms with E-state index < -0.39 is 29.9 Å². The summed E-state index contributed by atoms with van der Waals surface area (Å²) in [5, 5.41) is 12.5. The van der Waals surface area contributed by atoms with Crippen LogP contribution in [0.3, 0.4) is 0 Å². The minimum Gasteiger partial charge on any atom is -0.480 e. The normalized spacial score (nSPS) is 13.2. The Hall–Kier alpha value is -2.87. The van der Waals surface area contributed by atoms with Crippen LogP contribution in [-0.4, -0.2) is 46.6 Å². The predicted molar refractivity (Wildman–Crippen MR) is 114 cm³/mol. The van der Waals surface area contributed by atoms with Gasteiger partial charge in [0.05, 0.1) is 6.61 Å². The molecule has 0 unspecified atom stereocenters. The van der Waals surface area contributed by atoms with Crippen LogP contribution in [0.15, 0.2) is 30.5 Å². The standard InChI is InChI=1S/C22H31N3O5/c1-14(2)6-5-11-30-22(29)19(25-20(26)10-9-17(23)21(27)28)12-15-13-24-18-8-4-3-7-16(15)18/h3-4,7-8,13-14,17,19,24H,5-6,9-12,23H2,1-2H3,(H,25,26)(H,27,28)/t17-,19+/m1/s1. The lowest BCUT2D eigenvalue weighted by molar-refractivity contribution is -0.148. The number of carboxylic acid groups (broad SMARTS) is 1. The van der Waals surface area contributed by atoms with Crippen LogP contribution in [-0.2, 0) is 25.5 Å². The lowest BCUT2D eigenvalue weighted by Crippen LogP contribution is -2.44. The summed E-state index contributed by atoms with van der Waals surface area (Å²) in [6, 6.07) is 5.72. The Bertz CT molecular complexity index is 861. The first kappa shape index (κ1) is 23.4. The van der Waals surface area contributed by atoms with E-state index in [4.69, 9.17) is 15.6 Å². The molecule has 8 nitrogen and oxygen atoms in total. The average Bonchev–Trinajstić information content (AvgIpc) is 3.11. The topological polar surface area (TPSA) is 135 Å². The van der Waals surface area contributed by atoms with E-state index in [9.17, 15) is 14.4 Å². The van der Waals surface area contributed by atoms with Gasteiger partial charge in [-0.05, 0) is 36.8 Å². The number of fused-ring (bicyclic) bond motifs is 1. The Morgan fingerprint density at radius 3 is 2.63 bits per heavy atom. The highest BCUT2D eigenvalue weighted by molar-refractivity contribution is 5.87. The number of benzene rings is 1. The van der Waals surface area contributed by atoms with E-state index in [-0.39, 0.29) is 19.3 Å². The Morgan fingerprint density at radius 1 is 1.20 bits per heavy atom. The smallest absolute Gasteiger partial charge is 0.328 e. The second-order valence-corrected chi connectivity index (χ2v) is 7.87. The van der Waals surface area contributed by atoms with E-state index in [1.807, 2.05) is 30.5 Å².